The van der Waals surface area contributed by atoms with Crippen molar-refractivity contribution < 1.29 is 4.92 Å². The number of rotatable bonds is 4. The summed E-state index contributed by atoms with van der Waals surface area (Å²) < 4.78 is 0. The van der Waals surface area contributed by atoms with Gasteiger partial charge in [-0.05, 0) is 6.42 Å². The van der Waals surface area contributed by atoms with Gasteiger partial charge in [-0.15, -0.1) is 0 Å². The number of hydrogen-bond donors (Lipinski definition) is 1. The van der Waals surface area contributed by atoms with E-state index in [1.54, 1.807) is 0 Å². The molecule has 76 valence electrons. The molecule has 1 rings (SSSR count). The van der Waals surface area contributed by atoms with Gasteiger partial charge in [-0.25, -0.2) is 4.98 Å². The minimum absolute atomic E-state index is 0.1000. The van der Waals surface area contributed by atoms with E-state index in [-0.39, 0.29) is 10.7 Å². The number of pyridine rings is 1. The van der Waals surface area contributed by atoms with Crippen LogP contribution in [0.2, 0.25) is 5.02 Å². The fraction of sp³-hybridized carbons (Fsp3) is 0.375. The molecule has 0 aromatic carbocycles. The van der Waals surface area contributed by atoms with Gasteiger partial charge in [0, 0.05) is 12.6 Å². The average Bonchev–Trinajstić information content (AvgIpc) is 2.15. The molecular weight excluding hydrogens is 206 g/mol. The first-order valence-corrected chi connectivity index (χ1v) is 4.56. The van der Waals surface area contributed by atoms with Crippen LogP contribution in [-0.2, 0) is 0 Å². The van der Waals surface area contributed by atoms with Crippen LogP contribution in [-0.4, -0.2) is 16.5 Å². The molecule has 1 N–H and O–H groups in total. The Morgan fingerprint density at radius 1 is 1.71 bits per heavy atom. The Bertz CT molecular complexity index is 343. The molecule has 0 aliphatic carbocycles. The number of halogens is 1. The van der Waals surface area contributed by atoms with Crippen molar-refractivity contribution in [2.45, 2.75) is 13.3 Å². The third-order valence-electron chi connectivity index (χ3n) is 1.58. The van der Waals surface area contributed by atoms with Crippen molar-refractivity contribution in [2.75, 3.05) is 11.9 Å². The normalized spacial score (nSPS) is 9.86. The zero-order valence-electron chi connectivity index (χ0n) is 7.66. The van der Waals surface area contributed by atoms with Crippen LogP contribution in [0.4, 0.5) is 11.5 Å². The summed E-state index contributed by atoms with van der Waals surface area (Å²) in [6.07, 6.45) is 2.12. The Morgan fingerprint density at radius 2 is 2.43 bits per heavy atom. The molecule has 0 atom stereocenters. The first-order chi connectivity index (χ1) is 6.65. The molecule has 14 heavy (non-hydrogen) atoms. The molecule has 5 nitrogen and oxygen atoms in total. The molecule has 1 aromatic rings. The molecule has 0 unspecified atom stereocenters. The van der Waals surface area contributed by atoms with Crippen molar-refractivity contribution in [3.05, 3.63) is 27.4 Å². The quantitative estimate of drug-likeness (QED) is 0.619. The molecule has 1 aromatic heterocycles. The zero-order valence-corrected chi connectivity index (χ0v) is 8.41. The van der Waals surface area contributed by atoms with E-state index in [1.165, 1.54) is 12.3 Å². The van der Waals surface area contributed by atoms with Crippen LogP contribution in [0.3, 0.4) is 0 Å². The topological polar surface area (TPSA) is 68.1 Å². The van der Waals surface area contributed by atoms with Gasteiger partial charge in [-0.3, -0.25) is 10.1 Å². The van der Waals surface area contributed by atoms with E-state index in [2.05, 4.69) is 10.3 Å². The molecular formula is C8H10ClN3O2. The molecule has 6 heteroatoms. The highest BCUT2D eigenvalue weighted by Crippen LogP contribution is 2.23. The Balaban J connectivity index is 2.84. The van der Waals surface area contributed by atoms with Gasteiger partial charge in [-0.1, -0.05) is 18.5 Å². The lowest BCUT2D eigenvalue weighted by Gasteiger charge is -2.04. The highest BCUT2D eigenvalue weighted by molar-refractivity contribution is 6.33. The maximum absolute atomic E-state index is 10.4. The van der Waals surface area contributed by atoms with Crippen molar-refractivity contribution in [1.82, 2.24) is 4.98 Å². The van der Waals surface area contributed by atoms with Crippen molar-refractivity contribution in [1.29, 1.82) is 0 Å². The Kier molecular flexibility index (Phi) is 3.64. The molecule has 0 bridgehead atoms. The monoisotopic (exact) mass is 215 g/mol. The minimum Gasteiger partial charge on any atom is -0.369 e. The van der Waals surface area contributed by atoms with Crippen LogP contribution in [0.1, 0.15) is 13.3 Å². The van der Waals surface area contributed by atoms with Crippen LogP contribution in [0.15, 0.2) is 12.3 Å². The third kappa shape index (κ3) is 2.56. The Hall–Kier alpha value is -1.36. The lowest BCUT2D eigenvalue weighted by atomic mass is 10.4. The zero-order chi connectivity index (χ0) is 10.6. The van der Waals surface area contributed by atoms with E-state index in [1.807, 2.05) is 6.92 Å². The van der Waals surface area contributed by atoms with Gasteiger partial charge in [0.2, 0.25) is 0 Å². The highest BCUT2D eigenvalue weighted by atomic mass is 35.5. The minimum atomic E-state index is -0.525. The first-order valence-electron chi connectivity index (χ1n) is 4.19. The van der Waals surface area contributed by atoms with Crippen LogP contribution >= 0.6 is 11.6 Å². The van der Waals surface area contributed by atoms with Crippen LogP contribution < -0.4 is 5.32 Å². The van der Waals surface area contributed by atoms with Crippen LogP contribution in [0.5, 0.6) is 0 Å². The maximum atomic E-state index is 10.4. The number of nitro groups is 1. The Morgan fingerprint density at radius 3 is 2.93 bits per heavy atom. The predicted molar refractivity (Wildman–Crippen MR) is 54.7 cm³/mol. The molecule has 0 aliphatic heterocycles. The number of anilines is 1. The lowest BCUT2D eigenvalue weighted by Crippen LogP contribution is -2.02. The SMILES string of the molecule is CCCNc1ncc([N+](=O)[O-])cc1Cl. The van der Waals surface area contributed by atoms with Gasteiger partial charge in [0.05, 0.1) is 9.95 Å². The molecule has 1 heterocycles. The second-order valence-corrected chi connectivity index (χ2v) is 3.12. The first kappa shape index (κ1) is 10.7. The second-order valence-electron chi connectivity index (χ2n) is 2.71. The maximum Gasteiger partial charge on any atom is 0.289 e. The summed E-state index contributed by atoms with van der Waals surface area (Å²) in [5.74, 6) is 0.485. The van der Waals surface area contributed by atoms with Crippen molar-refractivity contribution in [2.24, 2.45) is 0 Å². The van der Waals surface area contributed by atoms with E-state index in [0.717, 1.165) is 13.0 Å². The number of nitrogens with zero attached hydrogens (tertiary/aromatic N) is 2. The Labute approximate surface area is 86.3 Å². The lowest BCUT2D eigenvalue weighted by molar-refractivity contribution is -0.385. The molecule has 0 aliphatic rings. The summed E-state index contributed by atoms with van der Waals surface area (Å²) in [6, 6.07) is 1.28. The molecule has 0 spiro atoms. The number of hydrogen-bond acceptors (Lipinski definition) is 4. The summed E-state index contributed by atoms with van der Waals surface area (Å²) in [4.78, 5) is 13.7. The third-order valence-corrected chi connectivity index (χ3v) is 1.87. The van der Waals surface area contributed by atoms with Gasteiger partial charge in [0.15, 0.2) is 0 Å². The van der Waals surface area contributed by atoms with Gasteiger partial charge in [0.1, 0.15) is 12.0 Å². The summed E-state index contributed by atoms with van der Waals surface area (Å²) in [6.45, 7) is 2.75. The second kappa shape index (κ2) is 4.76. The summed E-state index contributed by atoms with van der Waals surface area (Å²) in [7, 11) is 0. The van der Waals surface area contributed by atoms with Crippen molar-refractivity contribution >= 4 is 23.1 Å². The van der Waals surface area contributed by atoms with Gasteiger partial charge in [-0.2, -0.15) is 0 Å². The van der Waals surface area contributed by atoms with E-state index in [4.69, 9.17) is 11.6 Å². The van der Waals surface area contributed by atoms with E-state index < -0.39 is 4.92 Å². The smallest absolute Gasteiger partial charge is 0.289 e. The molecule has 0 fully saturated rings. The predicted octanol–water partition coefficient (Wildman–Crippen LogP) is 2.47. The summed E-state index contributed by atoms with van der Waals surface area (Å²) in [5, 5.41) is 13.6. The fourth-order valence-corrected chi connectivity index (χ4v) is 1.13. The highest BCUT2D eigenvalue weighted by Gasteiger charge is 2.09. The number of aromatic nitrogens is 1. The fourth-order valence-electron chi connectivity index (χ4n) is 0.901. The van der Waals surface area contributed by atoms with E-state index >= 15 is 0 Å². The number of nitrogens with one attached hydrogen (secondary N) is 1. The standard InChI is InChI=1S/C8H10ClN3O2/c1-2-3-10-8-7(9)4-6(5-11-8)12(13)14/h4-5H,2-3H2,1H3,(H,10,11). The molecule has 0 saturated heterocycles. The van der Waals surface area contributed by atoms with Crippen LogP contribution in [0.25, 0.3) is 0 Å². The van der Waals surface area contributed by atoms with E-state index in [9.17, 15) is 10.1 Å². The van der Waals surface area contributed by atoms with Crippen molar-refractivity contribution in [3.8, 4) is 0 Å². The largest absolute Gasteiger partial charge is 0.369 e. The molecule has 0 saturated carbocycles. The molecule has 0 amide bonds. The average molecular weight is 216 g/mol. The van der Waals surface area contributed by atoms with Gasteiger partial charge in [0.25, 0.3) is 5.69 Å². The van der Waals surface area contributed by atoms with Crippen molar-refractivity contribution in [3.63, 3.8) is 0 Å². The van der Waals surface area contributed by atoms with Gasteiger partial charge < -0.3 is 5.32 Å². The summed E-state index contributed by atoms with van der Waals surface area (Å²) >= 11 is 5.78. The summed E-state index contributed by atoms with van der Waals surface area (Å²) in [5.41, 5.74) is -0.1000. The van der Waals surface area contributed by atoms with Gasteiger partial charge >= 0.3 is 0 Å². The molecule has 0 radical (unpaired) electrons. The van der Waals surface area contributed by atoms with E-state index in [0.29, 0.717) is 5.82 Å². The van der Waals surface area contributed by atoms with Crippen LogP contribution in [0, 0.1) is 10.1 Å².